The number of carbonyl (C=O) groups is 1. The molecule has 1 fully saturated rings. The molecule has 116 valence electrons. The van der Waals surface area contributed by atoms with E-state index in [9.17, 15) is 4.79 Å². The standard InChI is InChI=1S/C18H28N2O/c1-13-5-6-17(14(2)11-13)15(3)19-18(21)12-16-7-9-20(4)10-8-16/h5-6,11,15-16H,7-10,12H2,1-4H3,(H,19,21)/t15-/m1/s1. The quantitative estimate of drug-likeness (QED) is 0.922. The Hall–Kier alpha value is -1.35. The maximum atomic E-state index is 12.2. The first-order valence-corrected chi connectivity index (χ1v) is 8.00. The van der Waals surface area contributed by atoms with Crippen LogP contribution < -0.4 is 5.32 Å². The van der Waals surface area contributed by atoms with E-state index in [4.69, 9.17) is 0 Å². The molecule has 0 saturated carbocycles. The average Bonchev–Trinajstić information content (AvgIpc) is 2.41. The number of hydrogen-bond acceptors (Lipinski definition) is 2. The van der Waals surface area contributed by atoms with E-state index in [1.54, 1.807) is 0 Å². The number of hydrogen-bond donors (Lipinski definition) is 1. The number of nitrogens with zero attached hydrogens (tertiary/aromatic N) is 1. The number of benzene rings is 1. The van der Waals surface area contributed by atoms with Gasteiger partial charge >= 0.3 is 0 Å². The minimum Gasteiger partial charge on any atom is -0.350 e. The summed E-state index contributed by atoms with van der Waals surface area (Å²) < 4.78 is 0. The minimum atomic E-state index is 0.0874. The first-order valence-electron chi connectivity index (χ1n) is 8.00. The summed E-state index contributed by atoms with van der Waals surface area (Å²) in [4.78, 5) is 14.6. The molecule has 1 heterocycles. The molecule has 0 unspecified atom stereocenters. The van der Waals surface area contributed by atoms with Crippen LogP contribution in [-0.4, -0.2) is 30.9 Å². The van der Waals surface area contributed by atoms with Crippen molar-refractivity contribution in [2.24, 2.45) is 5.92 Å². The third-order valence-electron chi connectivity index (χ3n) is 4.58. The zero-order valence-corrected chi connectivity index (χ0v) is 13.8. The summed E-state index contributed by atoms with van der Waals surface area (Å²) in [6.07, 6.45) is 2.95. The maximum Gasteiger partial charge on any atom is 0.220 e. The molecule has 3 heteroatoms. The molecule has 0 radical (unpaired) electrons. The highest BCUT2D eigenvalue weighted by Gasteiger charge is 2.20. The summed E-state index contributed by atoms with van der Waals surface area (Å²) >= 11 is 0. The monoisotopic (exact) mass is 288 g/mol. The van der Waals surface area contributed by atoms with Gasteiger partial charge in [-0.15, -0.1) is 0 Å². The molecule has 0 aromatic heterocycles. The van der Waals surface area contributed by atoms with E-state index in [1.807, 2.05) is 0 Å². The summed E-state index contributed by atoms with van der Waals surface area (Å²) in [6.45, 7) is 8.52. The third kappa shape index (κ3) is 4.57. The van der Waals surface area contributed by atoms with Crippen molar-refractivity contribution in [3.05, 3.63) is 34.9 Å². The molecule has 1 aliphatic rings. The van der Waals surface area contributed by atoms with Crippen LogP contribution in [0, 0.1) is 19.8 Å². The Bertz CT molecular complexity index is 490. The first-order chi connectivity index (χ1) is 9.95. The highest BCUT2D eigenvalue weighted by atomic mass is 16.1. The first kappa shape index (κ1) is 16.0. The Balaban J connectivity index is 1.87. The fourth-order valence-corrected chi connectivity index (χ4v) is 3.22. The van der Waals surface area contributed by atoms with E-state index in [0.717, 1.165) is 25.9 Å². The lowest BCUT2D eigenvalue weighted by Gasteiger charge is -2.29. The molecule has 0 bridgehead atoms. The predicted octanol–water partition coefficient (Wildman–Crippen LogP) is 3.21. The van der Waals surface area contributed by atoms with Gasteiger partial charge in [0.15, 0.2) is 0 Å². The largest absolute Gasteiger partial charge is 0.350 e. The van der Waals surface area contributed by atoms with E-state index in [0.29, 0.717) is 12.3 Å². The molecule has 1 aromatic rings. The lowest BCUT2D eigenvalue weighted by atomic mass is 9.93. The number of aryl methyl sites for hydroxylation is 2. The summed E-state index contributed by atoms with van der Waals surface area (Å²) in [5.74, 6) is 0.740. The van der Waals surface area contributed by atoms with Gasteiger partial charge in [-0.2, -0.15) is 0 Å². The smallest absolute Gasteiger partial charge is 0.220 e. The highest BCUT2D eigenvalue weighted by molar-refractivity contribution is 5.76. The number of rotatable bonds is 4. The molecule has 2 rings (SSSR count). The third-order valence-corrected chi connectivity index (χ3v) is 4.58. The van der Waals surface area contributed by atoms with Gasteiger partial charge in [0.1, 0.15) is 0 Å². The summed E-state index contributed by atoms with van der Waals surface area (Å²) in [5, 5.41) is 3.16. The number of amides is 1. The average molecular weight is 288 g/mol. The van der Waals surface area contributed by atoms with Crippen LogP contribution in [-0.2, 0) is 4.79 Å². The van der Waals surface area contributed by atoms with Crippen LogP contribution in [0.3, 0.4) is 0 Å². The van der Waals surface area contributed by atoms with Crippen LogP contribution in [0.4, 0.5) is 0 Å². The molecule has 3 nitrogen and oxygen atoms in total. The number of carbonyl (C=O) groups excluding carboxylic acids is 1. The topological polar surface area (TPSA) is 32.3 Å². The van der Waals surface area contributed by atoms with Crippen LogP contribution in [0.15, 0.2) is 18.2 Å². The molecule has 0 aliphatic carbocycles. The lowest BCUT2D eigenvalue weighted by Crippen LogP contribution is -2.34. The molecular formula is C18H28N2O. The zero-order valence-electron chi connectivity index (χ0n) is 13.8. The molecule has 1 aromatic carbocycles. The van der Waals surface area contributed by atoms with E-state index in [-0.39, 0.29) is 11.9 Å². The van der Waals surface area contributed by atoms with Crippen LogP contribution in [0.2, 0.25) is 0 Å². The van der Waals surface area contributed by atoms with E-state index in [1.165, 1.54) is 16.7 Å². The maximum absolute atomic E-state index is 12.2. The van der Waals surface area contributed by atoms with Crippen molar-refractivity contribution in [2.75, 3.05) is 20.1 Å². The van der Waals surface area contributed by atoms with Gasteiger partial charge in [0.2, 0.25) is 5.91 Å². The summed E-state index contributed by atoms with van der Waals surface area (Å²) in [6, 6.07) is 6.51. The van der Waals surface area contributed by atoms with E-state index >= 15 is 0 Å². The van der Waals surface area contributed by atoms with Gasteiger partial charge in [0.05, 0.1) is 6.04 Å². The van der Waals surface area contributed by atoms with Crippen LogP contribution in [0.1, 0.15) is 48.9 Å². The molecular weight excluding hydrogens is 260 g/mol. The van der Waals surface area contributed by atoms with Crippen molar-refractivity contribution in [2.45, 2.75) is 46.1 Å². The fourth-order valence-electron chi connectivity index (χ4n) is 3.22. The molecule has 0 spiro atoms. The van der Waals surface area contributed by atoms with Crippen LogP contribution in [0.5, 0.6) is 0 Å². The van der Waals surface area contributed by atoms with Gasteiger partial charge < -0.3 is 10.2 Å². The number of nitrogens with one attached hydrogen (secondary N) is 1. The second-order valence-electron chi connectivity index (χ2n) is 6.60. The normalized spacial score (nSPS) is 18.5. The second-order valence-corrected chi connectivity index (χ2v) is 6.60. The fraction of sp³-hybridized carbons (Fsp3) is 0.611. The molecule has 1 atom stereocenters. The van der Waals surface area contributed by atoms with Crippen LogP contribution in [0.25, 0.3) is 0 Å². The lowest BCUT2D eigenvalue weighted by molar-refractivity contribution is -0.123. The van der Waals surface area contributed by atoms with Gasteiger partial charge in [-0.1, -0.05) is 23.8 Å². The number of likely N-dealkylation sites (tertiary alicyclic amines) is 1. The van der Waals surface area contributed by atoms with Gasteiger partial charge in [-0.25, -0.2) is 0 Å². The van der Waals surface area contributed by atoms with Crippen molar-refractivity contribution < 1.29 is 4.79 Å². The predicted molar refractivity (Wildman–Crippen MR) is 87.3 cm³/mol. The van der Waals surface area contributed by atoms with Crippen molar-refractivity contribution >= 4 is 5.91 Å². The Kier molecular flexibility index (Phi) is 5.40. The summed E-state index contributed by atoms with van der Waals surface area (Å²) in [7, 11) is 2.15. The van der Waals surface area contributed by atoms with Gasteiger partial charge in [0.25, 0.3) is 0 Å². The Labute approximate surface area is 128 Å². The van der Waals surface area contributed by atoms with Gasteiger partial charge in [-0.3, -0.25) is 4.79 Å². The van der Waals surface area contributed by atoms with Gasteiger partial charge in [-0.05, 0) is 70.8 Å². The Morgan fingerprint density at radius 2 is 2.00 bits per heavy atom. The van der Waals surface area contributed by atoms with E-state index < -0.39 is 0 Å². The van der Waals surface area contributed by atoms with Crippen LogP contribution >= 0.6 is 0 Å². The molecule has 1 aliphatic heterocycles. The van der Waals surface area contributed by atoms with Crippen molar-refractivity contribution in [1.29, 1.82) is 0 Å². The van der Waals surface area contributed by atoms with Crippen molar-refractivity contribution in [1.82, 2.24) is 10.2 Å². The molecule has 1 N–H and O–H groups in total. The van der Waals surface area contributed by atoms with Crippen molar-refractivity contribution in [3.8, 4) is 0 Å². The van der Waals surface area contributed by atoms with E-state index in [2.05, 4.69) is 56.2 Å². The second kappa shape index (κ2) is 7.08. The Morgan fingerprint density at radius 3 is 2.62 bits per heavy atom. The summed E-state index contributed by atoms with van der Waals surface area (Å²) in [5.41, 5.74) is 3.74. The number of piperidine rings is 1. The minimum absolute atomic E-state index is 0.0874. The molecule has 1 amide bonds. The van der Waals surface area contributed by atoms with Gasteiger partial charge in [0, 0.05) is 6.42 Å². The molecule has 21 heavy (non-hydrogen) atoms. The Morgan fingerprint density at radius 1 is 1.33 bits per heavy atom. The van der Waals surface area contributed by atoms with Crippen molar-refractivity contribution in [3.63, 3.8) is 0 Å². The SMILES string of the molecule is Cc1ccc([C@@H](C)NC(=O)CC2CCN(C)CC2)c(C)c1. The zero-order chi connectivity index (χ0) is 15.4. The molecule has 1 saturated heterocycles. The highest BCUT2D eigenvalue weighted by Crippen LogP contribution is 2.22.